The summed E-state index contributed by atoms with van der Waals surface area (Å²) in [5.74, 6) is -0.461. The number of rotatable bonds is 36. The van der Waals surface area contributed by atoms with E-state index >= 15 is 0 Å². The summed E-state index contributed by atoms with van der Waals surface area (Å²) in [6.07, 6.45) is 32.0. The Hall–Kier alpha value is -2.63. The lowest BCUT2D eigenvalue weighted by Gasteiger charge is -2.24. The van der Waals surface area contributed by atoms with Crippen LogP contribution in [0.3, 0.4) is 0 Å². The second kappa shape index (κ2) is 35.1. The van der Waals surface area contributed by atoms with Crippen LogP contribution in [0, 0.1) is 11.8 Å². The van der Waals surface area contributed by atoms with Crippen LogP contribution in [0.1, 0.15) is 194 Å². The zero-order valence-corrected chi connectivity index (χ0v) is 34.9. The molecule has 1 amide bonds. The van der Waals surface area contributed by atoms with E-state index in [1.165, 1.54) is 82.6 Å². The normalized spacial score (nSPS) is 12.5. The van der Waals surface area contributed by atoms with Crippen LogP contribution in [0.4, 0.5) is 0 Å². The van der Waals surface area contributed by atoms with Crippen molar-refractivity contribution in [2.45, 2.75) is 195 Å². The number of benzene rings is 1. The first-order valence-corrected chi connectivity index (χ1v) is 22.3. The van der Waals surface area contributed by atoms with E-state index in [0.717, 1.165) is 83.5 Å². The first-order valence-electron chi connectivity index (χ1n) is 22.3. The average Bonchev–Trinajstić information content (AvgIpc) is 3.17. The summed E-state index contributed by atoms with van der Waals surface area (Å²) in [6.45, 7) is 9.79. The number of unbranched alkanes of at least 4 members (excludes halogenated alkanes) is 16. The molecule has 2 unspecified atom stereocenters. The van der Waals surface area contributed by atoms with E-state index in [9.17, 15) is 14.4 Å². The number of hydrogen-bond acceptors (Lipinski definition) is 5. The van der Waals surface area contributed by atoms with E-state index in [1.807, 2.05) is 30.4 Å². The van der Waals surface area contributed by atoms with Crippen LogP contribution in [-0.2, 0) is 30.3 Å². The Balaban J connectivity index is 2.82. The highest BCUT2D eigenvalue weighted by molar-refractivity contribution is 5.78. The summed E-state index contributed by atoms with van der Waals surface area (Å²) >= 11 is 0. The van der Waals surface area contributed by atoms with Gasteiger partial charge in [0.1, 0.15) is 13.2 Å². The predicted octanol–water partition coefficient (Wildman–Crippen LogP) is 12.8. The number of ether oxygens (including phenoxy) is 2. The van der Waals surface area contributed by atoms with Gasteiger partial charge in [0.2, 0.25) is 5.91 Å². The number of nitrogens with zero attached hydrogens (tertiary/aromatic N) is 1. The van der Waals surface area contributed by atoms with Gasteiger partial charge in [-0.25, -0.2) is 0 Å². The van der Waals surface area contributed by atoms with Crippen LogP contribution in [-0.4, -0.2) is 49.0 Å². The maximum atomic E-state index is 13.5. The van der Waals surface area contributed by atoms with E-state index < -0.39 is 0 Å². The van der Waals surface area contributed by atoms with Gasteiger partial charge in [-0.15, -0.1) is 0 Å². The monoisotopic (exact) mass is 740 g/mol. The Labute approximate surface area is 326 Å². The molecule has 0 heterocycles. The van der Waals surface area contributed by atoms with Crippen molar-refractivity contribution < 1.29 is 23.9 Å². The zero-order valence-electron chi connectivity index (χ0n) is 34.9. The molecule has 0 N–H and O–H groups in total. The van der Waals surface area contributed by atoms with E-state index in [2.05, 4.69) is 39.8 Å². The molecule has 304 valence electrons. The van der Waals surface area contributed by atoms with E-state index in [0.29, 0.717) is 13.1 Å². The number of esters is 2. The minimum atomic E-state index is -0.128. The van der Waals surface area contributed by atoms with Crippen molar-refractivity contribution in [3.05, 3.63) is 48.0 Å². The van der Waals surface area contributed by atoms with Crippen molar-refractivity contribution in [2.24, 2.45) is 11.8 Å². The van der Waals surface area contributed by atoms with Gasteiger partial charge in [0.05, 0.1) is 24.9 Å². The Morgan fingerprint density at radius 3 is 1.32 bits per heavy atom. The van der Waals surface area contributed by atoms with Gasteiger partial charge in [0.15, 0.2) is 0 Å². The average molecular weight is 740 g/mol. The highest BCUT2D eigenvalue weighted by Gasteiger charge is 2.22. The molecule has 1 rings (SSSR count). The van der Waals surface area contributed by atoms with E-state index in [4.69, 9.17) is 9.47 Å². The van der Waals surface area contributed by atoms with Crippen LogP contribution < -0.4 is 0 Å². The van der Waals surface area contributed by atoms with Crippen molar-refractivity contribution in [2.75, 3.05) is 26.3 Å². The Morgan fingerprint density at radius 1 is 0.528 bits per heavy atom. The number of carbonyl (C=O) groups is 3. The lowest BCUT2D eigenvalue weighted by Crippen LogP contribution is -2.37. The molecule has 0 bridgehead atoms. The number of hydrogen-bond donors (Lipinski definition) is 0. The van der Waals surface area contributed by atoms with Crippen LogP contribution in [0.25, 0.3) is 0 Å². The molecule has 0 radical (unpaired) electrons. The summed E-state index contributed by atoms with van der Waals surface area (Å²) in [5, 5.41) is 0. The van der Waals surface area contributed by atoms with Crippen LogP contribution in [0.15, 0.2) is 42.5 Å². The summed E-state index contributed by atoms with van der Waals surface area (Å²) in [7, 11) is 0. The molecule has 53 heavy (non-hydrogen) atoms. The topological polar surface area (TPSA) is 72.9 Å². The highest BCUT2D eigenvalue weighted by Crippen LogP contribution is 2.22. The first-order chi connectivity index (χ1) is 26.0. The van der Waals surface area contributed by atoms with Crippen molar-refractivity contribution in [3.63, 3.8) is 0 Å². The van der Waals surface area contributed by atoms with Gasteiger partial charge in [-0.2, -0.15) is 0 Å². The van der Waals surface area contributed by atoms with Crippen molar-refractivity contribution >= 4 is 17.8 Å². The molecule has 0 aliphatic heterocycles. The van der Waals surface area contributed by atoms with Crippen LogP contribution in [0.5, 0.6) is 0 Å². The van der Waals surface area contributed by atoms with E-state index in [1.54, 1.807) is 4.90 Å². The Kier molecular flexibility index (Phi) is 32.0. The first kappa shape index (κ1) is 48.4. The fourth-order valence-corrected chi connectivity index (χ4v) is 6.99. The van der Waals surface area contributed by atoms with Crippen molar-refractivity contribution in [1.29, 1.82) is 0 Å². The maximum Gasteiger partial charge on any atom is 0.308 e. The quantitative estimate of drug-likeness (QED) is 0.0389. The molecule has 1 aromatic carbocycles. The number of allylic oxidation sites excluding steroid dienone is 1. The van der Waals surface area contributed by atoms with Gasteiger partial charge in [-0.05, 0) is 37.7 Å². The summed E-state index contributed by atoms with van der Waals surface area (Å²) in [5.41, 5.74) is 1.20. The highest BCUT2D eigenvalue weighted by atomic mass is 16.5. The largest absolute Gasteiger partial charge is 0.464 e. The number of carbonyl (C=O) groups excluding carboxylic acids is 3. The molecule has 6 heteroatoms. The minimum absolute atomic E-state index is 0.0483. The lowest BCUT2D eigenvalue weighted by molar-refractivity contribution is -0.152. The fraction of sp³-hybridized carbons (Fsp3) is 0.766. The molecular weight excluding hydrogens is 659 g/mol. The standard InChI is InChI=1S/C47H81NO5/c1-5-9-13-17-19-26-35-43(33-24-15-11-7-3)46(50)52-40-38-48(45(49)37-29-28-32-42-30-22-21-23-31-42)39-41-53-47(51)44(34-25-16-12-8-4)36-27-20-18-14-10-6-2/h21-23,28-31,43-44H,5-20,24-27,32-41H2,1-4H3/b29-28+. The van der Waals surface area contributed by atoms with Gasteiger partial charge < -0.3 is 14.4 Å². The third-order valence-corrected chi connectivity index (χ3v) is 10.5. The molecule has 0 saturated heterocycles. The van der Waals surface area contributed by atoms with Crippen LogP contribution >= 0.6 is 0 Å². The lowest BCUT2D eigenvalue weighted by atomic mass is 9.94. The van der Waals surface area contributed by atoms with E-state index in [-0.39, 0.29) is 49.3 Å². The second-order valence-electron chi connectivity index (χ2n) is 15.3. The van der Waals surface area contributed by atoms with Gasteiger partial charge in [0, 0.05) is 6.42 Å². The Bertz CT molecular complexity index is 991. The molecule has 0 saturated carbocycles. The third-order valence-electron chi connectivity index (χ3n) is 10.5. The summed E-state index contributed by atoms with van der Waals surface area (Å²) < 4.78 is 11.7. The van der Waals surface area contributed by atoms with Gasteiger partial charge in [0.25, 0.3) is 0 Å². The fourth-order valence-electron chi connectivity index (χ4n) is 6.99. The zero-order chi connectivity index (χ0) is 38.6. The smallest absolute Gasteiger partial charge is 0.308 e. The number of amides is 1. The molecule has 0 aliphatic carbocycles. The molecule has 2 atom stereocenters. The molecule has 0 spiro atoms. The predicted molar refractivity (Wildman–Crippen MR) is 223 cm³/mol. The molecular formula is C47H81NO5. The second-order valence-corrected chi connectivity index (χ2v) is 15.3. The SMILES string of the molecule is CCCCCCCCC(CCCCCC)C(=O)OCCN(CCOC(=O)C(CCCCCC)CCCCCCCC)C(=O)C/C=C/Cc1ccccc1. The molecule has 6 nitrogen and oxygen atoms in total. The molecule has 1 aromatic rings. The molecule has 0 fully saturated rings. The summed E-state index contributed by atoms with van der Waals surface area (Å²) in [4.78, 5) is 41.8. The van der Waals surface area contributed by atoms with Gasteiger partial charge >= 0.3 is 11.9 Å². The van der Waals surface area contributed by atoms with Gasteiger partial charge in [-0.3, -0.25) is 14.4 Å². The van der Waals surface area contributed by atoms with Crippen molar-refractivity contribution in [3.8, 4) is 0 Å². The maximum absolute atomic E-state index is 13.5. The van der Waals surface area contributed by atoms with Crippen molar-refractivity contribution in [1.82, 2.24) is 4.90 Å². The molecule has 0 aromatic heterocycles. The minimum Gasteiger partial charge on any atom is -0.464 e. The Morgan fingerprint density at radius 2 is 0.906 bits per heavy atom. The third kappa shape index (κ3) is 26.7. The van der Waals surface area contributed by atoms with Gasteiger partial charge in [-0.1, -0.05) is 199 Å². The summed E-state index contributed by atoms with van der Waals surface area (Å²) in [6, 6.07) is 10.2. The molecule has 0 aliphatic rings. The van der Waals surface area contributed by atoms with Crippen LogP contribution in [0.2, 0.25) is 0 Å².